The summed E-state index contributed by atoms with van der Waals surface area (Å²) in [6.07, 6.45) is 2.72. The normalized spacial score (nSPS) is 13.5. The van der Waals surface area contributed by atoms with E-state index >= 15 is 0 Å². The third-order valence-corrected chi connectivity index (χ3v) is 4.00. The molecule has 0 saturated carbocycles. The summed E-state index contributed by atoms with van der Waals surface area (Å²) in [4.78, 5) is 36.5. The number of amides is 1. The Morgan fingerprint density at radius 2 is 2.04 bits per heavy atom. The smallest absolute Gasteiger partial charge is 0.274 e. The Morgan fingerprint density at radius 1 is 1.26 bits per heavy atom. The van der Waals surface area contributed by atoms with Gasteiger partial charge in [0, 0.05) is 31.9 Å². The van der Waals surface area contributed by atoms with Crippen molar-refractivity contribution in [2.75, 3.05) is 11.4 Å². The van der Waals surface area contributed by atoms with E-state index in [0.29, 0.717) is 36.2 Å². The summed E-state index contributed by atoms with van der Waals surface area (Å²) in [6, 6.07) is 7.59. The van der Waals surface area contributed by atoms with E-state index in [1.165, 1.54) is 29.0 Å². The van der Waals surface area contributed by atoms with Crippen molar-refractivity contribution in [3.05, 3.63) is 68.1 Å². The molecule has 1 amide bonds. The van der Waals surface area contributed by atoms with Crippen molar-refractivity contribution < 1.29 is 9.72 Å². The van der Waals surface area contributed by atoms with E-state index in [1.54, 1.807) is 24.1 Å². The molecule has 118 valence electrons. The van der Waals surface area contributed by atoms with Crippen LogP contribution in [0.15, 0.2) is 41.3 Å². The molecule has 3 rings (SSSR count). The molecule has 0 aliphatic carbocycles. The zero-order chi connectivity index (χ0) is 16.6. The number of aromatic nitrogens is 1. The van der Waals surface area contributed by atoms with Gasteiger partial charge >= 0.3 is 0 Å². The van der Waals surface area contributed by atoms with Gasteiger partial charge in [-0.3, -0.25) is 19.7 Å². The molecule has 0 saturated heterocycles. The molecular formula is C16H15N3O4. The Bertz CT molecular complexity index is 857. The second-order valence-electron chi connectivity index (χ2n) is 5.46. The number of nitro groups is 1. The average molecular weight is 313 g/mol. The third kappa shape index (κ3) is 2.61. The number of fused-ring (bicyclic) bond motifs is 1. The monoisotopic (exact) mass is 313 g/mol. The van der Waals surface area contributed by atoms with E-state index in [2.05, 4.69) is 0 Å². The molecular weight excluding hydrogens is 298 g/mol. The van der Waals surface area contributed by atoms with Gasteiger partial charge < -0.3 is 9.47 Å². The number of aryl methyl sites for hydroxylation is 1. The minimum atomic E-state index is -0.418. The van der Waals surface area contributed by atoms with E-state index in [-0.39, 0.29) is 17.2 Å². The number of hydrogen-bond donors (Lipinski definition) is 0. The molecule has 23 heavy (non-hydrogen) atoms. The Hall–Kier alpha value is -2.96. The number of nitro benzene ring substituents is 1. The molecule has 2 heterocycles. The molecule has 1 aromatic carbocycles. The molecule has 0 unspecified atom stereocenters. The van der Waals surface area contributed by atoms with Gasteiger partial charge in [-0.2, -0.15) is 0 Å². The van der Waals surface area contributed by atoms with Gasteiger partial charge in [0.15, 0.2) is 0 Å². The van der Waals surface area contributed by atoms with Gasteiger partial charge in [0.25, 0.3) is 11.6 Å². The highest BCUT2D eigenvalue weighted by Gasteiger charge is 2.28. The molecule has 1 aliphatic heterocycles. The van der Waals surface area contributed by atoms with Crippen molar-refractivity contribution in [3.63, 3.8) is 0 Å². The number of carbonyl (C=O) groups is 1. The van der Waals surface area contributed by atoms with Gasteiger partial charge in [-0.15, -0.1) is 0 Å². The molecule has 0 radical (unpaired) electrons. The van der Waals surface area contributed by atoms with E-state index in [4.69, 9.17) is 0 Å². The first-order chi connectivity index (χ1) is 11.0. The lowest BCUT2D eigenvalue weighted by atomic mass is 9.99. The first kappa shape index (κ1) is 15.0. The van der Waals surface area contributed by atoms with Crippen LogP contribution in [0.25, 0.3) is 0 Å². The van der Waals surface area contributed by atoms with Crippen molar-refractivity contribution in [2.45, 2.75) is 12.8 Å². The number of pyridine rings is 1. The van der Waals surface area contributed by atoms with Crippen LogP contribution in [0, 0.1) is 10.1 Å². The molecule has 0 N–H and O–H groups in total. The lowest BCUT2D eigenvalue weighted by Crippen LogP contribution is -2.36. The lowest BCUT2D eigenvalue weighted by molar-refractivity contribution is -0.385. The molecule has 0 atom stereocenters. The van der Waals surface area contributed by atoms with Crippen LogP contribution in [0.1, 0.15) is 22.3 Å². The Morgan fingerprint density at radius 3 is 2.74 bits per heavy atom. The molecule has 0 spiro atoms. The van der Waals surface area contributed by atoms with Crippen LogP contribution < -0.4 is 10.5 Å². The number of benzene rings is 1. The number of anilines is 1. The maximum absolute atomic E-state index is 12.7. The standard InChI is InChI=1S/C16H15N3O4/c1-17-10-11(7-8-15(17)20)16(21)18-9-3-4-12-13(18)5-2-6-14(12)19(22)23/h2,5-8,10H,3-4,9H2,1H3. The highest BCUT2D eigenvalue weighted by Crippen LogP contribution is 2.34. The summed E-state index contributed by atoms with van der Waals surface area (Å²) in [5, 5.41) is 11.2. The summed E-state index contributed by atoms with van der Waals surface area (Å²) in [7, 11) is 1.58. The second kappa shape index (κ2) is 5.68. The fourth-order valence-electron chi connectivity index (χ4n) is 2.86. The van der Waals surface area contributed by atoms with Gasteiger partial charge in [0.2, 0.25) is 5.56 Å². The van der Waals surface area contributed by atoms with Crippen molar-refractivity contribution in [1.29, 1.82) is 0 Å². The van der Waals surface area contributed by atoms with Crippen molar-refractivity contribution in [3.8, 4) is 0 Å². The van der Waals surface area contributed by atoms with Gasteiger partial charge in [-0.25, -0.2) is 0 Å². The predicted octanol–water partition coefficient (Wildman–Crippen LogP) is 1.89. The minimum absolute atomic E-state index is 0.0421. The molecule has 0 bridgehead atoms. The summed E-state index contributed by atoms with van der Waals surface area (Å²) >= 11 is 0. The largest absolute Gasteiger partial charge is 0.318 e. The fourth-order valence-corrected chi connectivity index (χ4v) is 2.86. The predicted molar refractivity (Wildman–Crippen MR) is 84.8 cm³/mol. The summed E-state index contributed by atoms with van der Waals surface area (Å²) in [6.45, 7) is 0.496. The minimum Gasteiger partial charge on any atom is -0.318 e. The zero-order valence-electron chi connectivity index (χ0n) is 12.6. The highest BCUT2D eigenvalue weighted by molar-refractivity contribution is 6.06. The van der Waals surface area contributed by atoms with Gasteiger partial charge in [-0.05, 0) is 25.0 Å². The molecule has 2 aromatic rings. The Balaban J connectivity index is 2.04. The Labute approximate surface area is 131 Å². The number of rotatable bonds is 2. The summed E-state index contributed by atoms with van der Waals surface area (Å²) in [5.41, 5.74) is 1.38. The van der Waals surface area contributed by atoms with Crippen LogP contribution in [-0.4, -0.2) is 21.9 Å². The topological polar surface area (TPSA) is 85.4 Å². The maximum atomic E-state index is 12.7. The van der Waals surface area contributed by atoms with E-state index in [9.17, 15) is 19.7 Å². The first-order valence-corrected chi connectivity index (χ1v) is 7.24. The molecule has 1 aliphatic rings. The van der Waals surface area contributed by atoms with Crippen LogP contribution in [0.4, 0.5) is 11.4 Å². The van der Waals surface area contributed by atoms with Gasteiger partial charge in [-0.1, -0.05) is 6.07 Å². The molecule has 1 aromatic heterocycles. The first-order valence-electron chi connectivity index (χ1n) is 7.24. The van der Waals surface area contributed by atoms with Gasteiger partial charge in [0.1, 0.15) is 0 Å². The highest BCUT2D eigenvalue weighted by atomic mass is 16.6. The number of carbonyl (C=O) groups excluding carboxylic acids is 1. The Kier molecular flexibility index (Phi) is 3.69. The quantitative estimate of drug-likeness (QED) is 0.626. The van der Waals surface area contributed by atoms with Crippen LogP contribution in [0.3, 0.4) is 0 Å². The number of hydrogen-bond acceptors (Lipinski definition) is 4. The van der Waals surface area contributed by atoms with Crippen molar-refractivity contribution in [2.24, 2.45) is 7.05 Å². The fraction of sp³-hybridized carbons (Fsp3) is 0.250. The van der Waals surface area contributed by atoms with Crippen LogP contribution in [0.5, 0.6) is 0 Å². The van der Waals surface area contributed by atoms with E-state index < -0.39 is 4.92 Å². The van der Waals surface area contributed by atoms with Crippen LogP contribution in [0.2, 0.25) is 0 Å². The lowest BCUT2D eigenvalue weighted by Gasteiger charge is -2.29. The van der Waals surface area contributed by atoms with E-state index in [1.807, 2.05) is 0 Å². The second-order valence-corrected chi connectivity index (χ2v) is 5.46. The molecule has 0 fully saturated rings. The van der Waals surface area contributed by atoms with E-state index in [0.717, 1.165) is 0 Å². The van der Waals surface area contributed by atoms with Crippen LogP contribution in [-0.2, 0) is 13.5 Å². The zero-order valence-corrected chi connectivity index (χ0v) is 12.6. The maximum Gasteiger partial charge on any atom is 0.274 e. The van der Waals surface area contributed by atoms with Crippen molar-refractivity contribution in [1.82, 2.24) is 4.57 Å². The van der Waals surface area contributed by atoms with Gasteiger partial charge in [0.05, 0.1) is 21.7 Å². The SMILES string of the molecule is Cn1cc(C(=O)N2CCCc3c2cccc3[N+](=O)[O-])ccc1=O. The van der Waals surface area contributed by atoms with Crippen LogP contribution >= 0.6 is 0 Å². The average Bonchev–Trinajstić information content (AvgIpc) is 2.55. The summed E-state index contributed by atoms with van der Waals surface area (Å²) in [5.74, 6) is -0.262. The molecule has 7 nitrogen and oxygen atoms in total. The summed E-state index contributed by atoms with van der Waals surface area (Å²) < 4.78 is 1.34. The third-order valence-electron chi connectivity index (χ3n) is 4.00. The number of nitrogens with zero attached hydrogens (tertiary/aromatic N) is 3. The molecule has 7 heteroatoms. The van der Waals surface area contributed by atoms with Crippen molar-refractivity contribution >= 4 is 17.3 Å².